The van der Waals surface area contributed by atoms with Crippen LogP contribution in [0.2, 0.25) is 0 Å². The number of hydrogen-bond acceptors (Lipinski definition) is 2. The van der Waals surface area contributed by atoms with Gasteiger partial charge in [0.2, 0.25) is 0 Å². The van der Waals surface area contributed by atoms with E-state index < -0.39 is 23.1 Å². The van der Waals surface area contributed by atoms with E-state index in [0.717, 1.165) is 0 Å². The highest BCUT2D eigenvalue weighted by Crippen LogP contribution is 2.57. The van der Waals surface area contributed by atoms with Crippen molar-refractivity contribution in [2.24, 2.45) is 11.1 Å². The number of alkyl halides is 1. The molecule has 0 aliphatic heterocycles. The van der Waals surface area contributed by atoms with Crippen LogP contribution in [0.25, 0.3) is 0 Å². The fourth-order valence-electron chi connectivity index (χ4n) is 1.65. The second-order valence-corrected chi connectivity index (χ2v) is 3.94. The lowest BCUT2D eigenvalue weighted by Crippen LogP contribution is -2.48. The van der Waals surface area contributed by atoms with Crippen LogP contribution in [0.4, 0.5) is 4.39 Å². The van der Waals surface area contributed by atoms with Gasteiger partial charge in [0.25, 0.3) is 0 Å². The van der Waals surface area contributed by atoms with Crippen molar-refractivity contribution in [1.82, 2.24) is 0 Å². The topological polar surface area (TPSA) is 63.3 Å². The molecule has 0 bridgehead atoms. The third-order valence-corrected chi connectivity index (χ3v) is 2.83. The van der Waals surface area contributed by atoms with E-state index in [1.165, 1.54) is 13.8 Å². The summed E-state index contributed by atoms with van der Waals surface area (Å²) in [6, 6.07) is -1.07. The van der Waals surface area contributed by atoms with Gasteiger partial charge in [-0.3, -0.25) is 4.79 Å². The fourth-order valence-corrected chi connectivity index (χ4v) is 1.65. The average molecular weight is 175 g/mol. The maximum atomic E-state index is 13.5. The minimum absolute atomic E-state index is 0.573. The van der Waals surface area contributed by atoms with Crippen molar-refractivity contribution in [3.05, 3.63) is 0 Å². The summed E-state index contributed by atoms with van der Waals surface area (Å²) in [4.78, 5) is 10.5. The molecule has 0 saturated heterocycles. The maximum Gasteiger partial charge on any atom is 0.321 e. The molecule has 0 aromatic carbocycles. The molecule has 1 fully saturated rings. The summed E-state index contributed by atoms with van der Waals surface area (Å²) in [5.74, 6) is -1.11. The number of carboxylic acids is 1. The van der Waals surface area contributed by atoms with E-state index in [1.807, 2.05) is 0 Å². The molecule has 1 unspecified atom stereocenters. The molecule has 1 aliphatic rings. The monoisotopic (exact) mass is 175 g/mol. The summed E-state index contributed by atoms with van der Waals surface area (Å²) >= 11 is 0. The molecular weight excluding hydrogens is 161 g/mol. The molecule has 4 heteroatoms. The normalized spacial score (nSPS) is 23.3. The summed E-state index contributed by atoms with van der Waals surface area (Å²) in [6.07, 6.45) is 1.15. The number of aliphatic carboxylic acids is 1. The number of carbonyl (C=O) groups is 1. The Morgan fingerprint density at radius 2 is 2.08 bits per heavy atom. The summed E-state index contributed by atoms with van der Waals surface area (Å²) in [5.41, 5.74) is 3.09. The Hall–Kier alpha value is -0.640. The molecule has 3 nitrogen and oxygen atoms in total. The summed E-state index contributed by atoms with van der Waals surface area (Å²) < 4.78 is 13.5. The zero-order valence-electron chi connectivity index (χ0n) is 7.30. The molecule has 0 heterocycles. The number of carboxylic acid groups (broad SMARTS) is 1. The van der Waals surface area contributed by atoms with Crippen molar-refractivity contribution in [1.29, 1.82) is 0 Å². The maximum absolute atomic E-state index is 13.5. The number of halogens is 1. The van der Waals surface area contributed by atoms with Crippen molar-refractivity contribution in [2.75, 3.05) is 0 Å². The van der Waals surface area contributed by atoms with E-state index in [2.05, 4.69) is 0 Å². The largest absolute Gasteiger partial charge is 0.480 e. The molecule has 0 aromatic heterocycles. The van der Waals surface area contributed by atoms with Crippen molar-refractivity contribution in [3.63, 3.8) is 0 Å². The van der Waals surface area contributed by atoms with E-state index in [1.54, 1.807) is 0 Å². The van der Waals surface area contributed by atoms with Crippen LogP contribution < -0.4 is 5.73 Å². The van der Waals surface area contributed by atoms with Crippen molar-refractivity contribution in [3.8, 4) is 0 Å². The molecule has 0 spiro atoms. The van der Waals surface area contributed by atoms with E-state index in [4.69, 9.17) is 10.8 Å². The standard InChI is InChI=1S/C8H14FNO2/c1-7(2,9)8(3-4-8)5(10)6(11)12/h5H,3-4,10H2,1-2H3,(H,11,12). The summed E-state index contributed by atoms with van der Waals surface area (Å²) in [7, 11) is 0. The molecule has 12 heavy (non-hydrogen) atoms. The summed E-state index contributed by atoms with van der Waals surface area (Å²) in [5, 5.41) is 8.63. The highest BCUT2D eigenvalue weighted by atomic mass is 19.1. The Morgan fingerprint density at radius 3 is 2.17 bits per heavy atom. The van der Waals surface area contributed by atoms with Crippen LogP contribution in [0.3, 0.4) is 0 Å². The SMILES string of the molecule is CC(C)(F)C1(C(N)C(=O)O)CC1. The van der Waals surface area contributed by atoms with Crippen LogP contribution >= 0.6 is 0 Å². The van der Waals surface area contributed by atoms with Crippen molar-refractivity contribution < 1.29 is 14.3 Å². The van der Waals surface area contributed by atoms with Gasteiger partial charge in [0.05, 0.1) is 0 Å². The molecule has 1 atom stereocenters. The first-order valence-corrected chi connectivity index (χ1v) is 3.98. The molecule has 3 N–H and O–H groups in total. The lowest BCUT2D eigenvalue weighted by atomic mass is 9.83. The molecule has 1 aliphatic carbocycles. The zero-order valence-corrected chi connectivity index (χ0v) is 7.30. The Morgan fingerprint density at radius 1 is 1.67 bits per heavy atom. The fraction of sp³-hybridized carbons (Fsp3) is 0.875. The first kappa shape index (κ1) is 9.45. The Kier molecular flexibility index (Phi) is 1.91. The molecule has 70 valence electrons. The van der Waals surface area contributed by atoms with Gasteiger partial charge in [-0.15, -0.1) is 0 Å². The third-order valence-electron chi connectivity index (χ3n) is 2.83. The van der Waals surface area contributed by atoms with Crippen LogP contribution in [0.15, 0.2) is 0 Å². The van der Waals surface area contributed by atoms with Gasteiger partial charge in [-0.1, -0.05) is 0 Å². The minimum atomic E-state index is -1.50. The summed E-state index contributed by atoms with van der Waals surface area (Å²) in [6.45, 7) is 2.78. The first-order chi connectivity index (χ1) is 5.31. The quantitative estimate of drug-likeness (QED) is 0.670. The van der Waals surface area contributed by atoms with Gasteiger partial charge in [-0.25, -0.2) is 4.39 Å². The Labute approximate surface area is 70.7 Å². The van der Waals surface area contributed by atoms with Crippen LogP contribution in [-0.2, 0) is 4.79 Å². The lowest BCUT2D eigenvalue weighted by Gasteiger charge is -2.29. The van der Waals surface area contributed by atoms with Crippen molar-refractivity contribution >= 4 is 5.97 Å². The van der Waals surface area contributed by atoms with Crippen LogP contribution in [0, 0.1) is 5.41 Å². The van der Waals surface area contributed by atoms with Gasteiger partial charge in [-0.2, -0.15) is 0 Å². The molecule has 1 rings (SSSR count). The average Bonchev–Trinajstić information content (AvgIpc) is 2.62. The van der Waals surface area contributed by atoms with E-state index in [-0.39, 0.29) is 0 Å². The Bertz CT molecular complexity index is 206. The van der Waals surface area contributed by atoms with E-state index in [0.29, 0.717) is 12.8 Å². The van der Waals surface area contributed by atoms with Crippen LogP contribution in [-0.4, -0.2) is 22.8 Å². The molecule has 1 saturated carbocycles. The third kappa shape index (κ3) is 1.20. The highest BCUT2D eigenvalue weighted by Gasteiger charge is 2.61. The van der Waals surface area contributed by atoms with Gasteiger partial charge in [0.15, 0.2) is 0 Å². The Balaban J connectivity index is 2.80. The number of hydrogen-bond donors (Lipinski definition) is 2. The number of rotatable bonds is 3. The van der Waals surface area contributed by atoms with Gasteiger partial charge in [-0.05, 0) is 26.7 Å². The van der Waals surface area contributed by atoms with Gasteiger partial charge in [0, 0.05) is 5.41 Å². The van der Waals surface area contributed by atoms with Gasteiger partial charge in [0.1, 0.15) is 11.7 Å². The van der Waals surface area contributed by atoms with Crippen LogP contribution in [0.1, 0.15) is 26.7 Å². The van der Waals surface area contributed by atoms with Crippen molar-refractivity contribution in [2.45, 2.75) is 38.4 Å². The second kappa shape index (κ2) is 2.42. The van der Waals surface area contributed by atoms with Gasteiger partial charge < -0.3 is 10.8 Å². The van der Waals surface area contributed by atoms with E-state index in [9.17, 15) is 9.18 Å². The molecule has 0 radical (unpaired) electrons. The number of nitrogens with two attached hydrogens (primary N) is 1. The van der Waals surface area contributed by atoms with Gasteiger partial charge >= 0.3 is 5.97 Å². The molecule has 0 amide bonds. The predicted octanol–water partition coefficient (Wildman–Crippen LogP) is 0.927. The molecular formula is C8H14FNO2. The lowest BCUT2D eigenvalue weighted by molar-refractivity contribution is -0.142. The molecule has 0 aromatic rings. The van der Waals surface area contributed by atoms with Crippen LogP contribution in [0.5, 0.6) is 0 Å². The smallest absolute Gasteiger partial charge is 0.321 e. The second-order valence-electron chi connectivity index (χ2n) is 3.94. The minimum Gasteiger partial charge on any atom is -0.480 e. The van der Waals surface area contributed by atoms with E-state index >= 15 is 0 Å². The predicted molar refractivity (Wildman–Crippen MR) is 42.5 cm³/mol. The highest BCUT2D eigenvalue weighted by molar-refractivity contribution is 5.75. The first-order valence-electron chi connectivity index (χ1n) is 3.98. The zero-order chi connectivity index (χ0) is 9.57.